The van der Waals surface area contributed by atoms with Crippen molar-refractivity contribution in [3.05, 3.63) is 24.2 Å². The smallest absolute Gasteiger partial charge is 0.103 e. The van der Waals surface area contributed by atoms with E-state index in [1.54, 1.807) is 6.26 Å². The standard InChI is InChI=1S/C14H23NO2/c1-2-15-14(12-5-3-9-16-11-12)8-7-13-6-4-10-17-13/h4,6,10,12,14-15H,2-3,5,7-9,11H2,1H3. The summed E-state index contributed by atoms with van der Waals surface area (Å²) < 4.78 is 11.0. The number of furan rings is 1. The van der Waals surface area contributed by atoms with E-state index in [1.165, 1.54) is 12.8 Å². The first kappa shape index (κ1) is 12.7. The van der Waals surface area contributed by atoms with Crippen LogP contribution in [-0.2, 0) is 11.2 Å². The molecule has 96 valence electrons. The maximum absolute atomic E-state index is 5.58. The molecule has 0 saturated carbocycles. The van der Waals surface area contributed by atoms with E-state index in [4.69, 9.17) is 9.15 Å². The lowest BCUT2D eigenvalue weighted by Crippen LogP contribution is -2.40. The van der Waals surface area contributed by atoms with Gasteiger partial charge >= 0.3 is 0 Å². The van der Waals surface area contributed by atoms with Crippen molar-refractivity contribution in [2.75, 3.05) is 19.8 Å². The van der Waals surface area contributed by atoms with E-state index >= 15 is 0 Å². The molecule has 1 saturated heterocycles. The van der Waals surface area contributed by atoms with Crippen molar-refractivity contribution < 1.29 is 9.15 Å². The third-order valence-corrected chi connectivity index (χ3v) is 3.51. The molecule has 1 fully saturated rings. The number of hydrogen-bond acceptors (Lipinski definition) is 3. The van der Waals surface area contributed by atoms with E-state index in [0.717, 1.165) is 38.4 Å². The third kappa shape index (κ3) is 3.86. The van der Waals surface area contributed by atoms with E-state index in [-0.39, 0.29) is 0 Å². The Bertz CT molecular complexity index is 291. The maximum Gasteiger partial charge on any atom is 0.103 e. The van der Waals surface area contributed by atoms with Gasteiger partial charge in [-0.1, -0.05) is 6.92 Å². The van der Waals surface area contributed by atoms with Gasteiger partial charge in [0.15, 0.2) is 0 Å². The summed E-state index contributed by atoms with van der Waals surface area (Å²) in [5.41, 5.74) is 0. The zero-order valence-electron chi connectivity index (χ0n) is 10.7. The molecule has 2 atom stereocenters. The number of nitrogens with one attached hydrogen (secondary N) is 1. The molecule has 3 nitrogen and oxygen atoms in total. The summed E-state index contributed by atoms with van der Waals surface area (Å²) >= 11 is 0. The van der Waals surface area contributed by atoms with Gasteiger partial charge in [-0.15, -0.1) is 0 Å². The topological polar surface area (TPSA) is 34.4 Å². The van der Waals surface area contributed by atoms with Gasteiger partial charge in [0.05, 0.1) is 12.9 Å². The van der Waals surface area contributed by atoms with Gasteiger partial charge < -0.3 is 14.5 Å². The molecule has 2 rings (SSSR count). The molecule has 0 aromatic carbocycles. The summed E-state index contributed by atoms with van der Waals surface area (Å²) in [4.78, 5) is 0. The first-order valence-electron chi connectivity index (χ1n) is 6.73. The molecule has 0 amide bonds. The van der Waals surface area contributed by atoms with Gasteiger partial charge in [-0.25, -0.2) is 0 Å². The highest BCUT2D eigenvalue weighted by Gasteiger charge is 2.23. The van der Waals surface area contributed by atoms with Crippen LogP contribution < -0.4 is 5.32 Å². The Morgan fingerprint density at radius 2 is 2.47 bits per heavy atom. The lowest BCUT2D eigenvalue weighted by molar-refractivity contribution is 0.0380. The van der Waals surface area contributed by atoms with Gasteiger partial charge in [-0.05, 0) is 43.9 Å². The van der Waals surface area contributed by atoms with Crippen LogP contribution >= 0.6 is 0 Å². The SMILES string of the molecule is CCNC(CCc1ccco1)C1CCCOC1. The van der Waals surface area contributed by atoms with Gasteiger partial charge in [0.1, 0.15) is 5.76 Å². The van der Waals surface area contributed by atoms with Crippen LogP contribution in [-0.4, -0.2) is 25.8 Å². The average molecular weight is 237 g/mol. The van der Waals surface area contributed by atoms with Gasteiger partial charge in [0.25, 0.3) is 0 Å². The molecular formula is C14H23NO2. The Balaban J connectivity index is 1.82. The van der Waals surface area contributed by atoms with Crippen molar-refractivity contribution in [3.63, 3.8) is 0 Å². The van der Waals surface area contributed by atoms with E-state index in [2.05, 4.69) is 18.3 Å². The van der Waals surface area contributed by atoms with E-state index in [0.29, 0.717) is 12.0 Å². The van der Waals surface area contributed by atoms with Crippen LogP contribution in [0.3, 0.4) is 0 Å². The minimum Gasteiger partial charge on any atom is -0.469 e. The summed E-state index contributed by atoms with van der Waals surface area (Å²) in [6.07, 6.45) is 6.39. The number of rotatable bonds is 6. The predicted octanol–water partition coefficient (Wildman–Crippen LogP) is 2.62. The first-order valence-corrected chi connectivity index (χ1v) is 6.73. The van der Waals surface area contributed by atoms with Gasteiger partial charge in [0, 0.05) is 19.1 Å². The Kier molecular flexibility index (Phi) is 5.08. The first-order chi connectivity index (χ1) is 8.40. The highest BCUT2D eigenvalue weighted by atomic mass is 16.5. The molecule has 0 bridgehead atoms. The van der Waals surface area contributed by atoms with Crippen molar-refractivity contribution in [2.45, 2.75) is 38.6 Å². The van der Waals surface area contributed by atoms with E-state index in [9.17, 15) is 0 Å². The Labute approximate surface area is 104 Å². The molecule has 2 unspecified atom stereocenters. The molecule has 1 aliphatic heterocycles. The molecule has 1 aromatic rings. The monoisotopic (exact) mass is 237 g/mol. The zero-order chi connectivity index (χ0) is 11.9. The number of ether oxygens (including phenoxy) is 1. The minimum absolute atomic E-state index is 0.561. The molecule has 0 spiro atoms. The summed E-state index contributed by atoms with van der Waals surface area (Å²) in [5, 5.41) is 3.59. The Hall–Kier alpha value is -0.800. The second kappa shape index (κ2) is 6.82. The lowest BCUT2D eigenvalue weighted by Gasteiger charge is -2.30. The Morgan fingerprint density at radius 3 is 3.12 bits per heavy atom. The fraction of sp³-hybridized carbons (Fsp3) is 0.714. The van der Waals surface area contributed by atoms with Crippen molar-refractivity contribution in [1.29, 1.82) is 0 Å². The highest BCUT2D eigenvalue weighted by molar-refractivity contribution is 4.99. The van der Waals surface area contributed by atoms with Crippen LogP contribution in [0, 0.1) is 5.92 Å². The molecule has 1 N–H and O–H groups in total. The molecule has 1 aromatic heterocycles. The van der Waals surface area contributed by atoms with Crippen molar-refractivity contribution in [2.24, 2.45) is 5.92 Å². The second-order valence-electron chi connectivity index (χ2n) is 4.76. The van der Waals surface area contributed by atoms with Crippen molar-refractivity contribution >= 4 is 0 Å². The van der Waals surface area contributed by atoms with Crippen LogP contribution in [0.4, 0.5) is 0 Å². The third-order valence-electron chi connectivity index (χ3n) is 3.51. The molecule has 17 heavy (non-hydrogen) atoms. The molecule has 3 heteroatoms. The number of hydrogen-bond donors (Lipinski definition) is 1. The molecule has 0 radical (unpaired) electrons. The van der Waals surface area contributed by atoms with Crippen LogP contribution in [0.15, 0.2) is 22.8 Å². The summed E-state index contributed by atoms with van der Waals surface area (Å²) in [6, 6.07) is 4.58. The molecular weight excluding hydrogens is 214 g/mol. The van der Waals surface area contributed by atoms with Gasteiger partial charge in [-0.2, -0.15) is 0 Å². The fourth-order valence-electron chi connectivity index (χ4n) is 2.60. The summed E-state index contributed by atoms with van der Waals surface area (Å²) in [5.74, 6) is 1.75. The molecule has 2 heterocycles. The maximum atomic E-state index is 5.58. The average Bonchev–Trinajstić information content (AvgIpc) is 2.88. The van der Waals surface area contributed by atoms with Crippen molar-refractivity contribution in [1.82, 2.24) is 5.32 Å². The van der Waals surface area contributed by atoms with Crippen LogP contribution in [0.1, 0.15) is 31.9 Å². The summed E-state index contributed by atoms with van der Waals surface area (Å²) in [7, 11) is 0. The largest absolute Gasteiger partial charge is 0.469 e. The van der Waals surface area contributed by atoms with Crippen LogP contribution in [0.5, 0.6) is 0 Å². The van der Waals surface area contributed by atoms with E-state index in [1.807, 2.05) is 6.07 Å². The minimum atomic E-state index is 0.561. The lowest BCUT2D eigenvalue weighted by atomic mass is 9.90. The zero-order valence-corrected chi connectivity index (χ0v) is 10.7. The van der Waals surface area contributed by atoms with Gasteiger partial charge in [-0.3, -0.25) is 0 Å². The van der Waals surface area contributed by atoms with E-state index < -0.39 is 0 Å². The highest BCUT2D eigenvalue weighted by Crippen LogP contribution is 2.21. The molecule has 0 aliphatic carbocycles. The van der Waals surface area contributed by atoms with Crippen LogP contribution in [0.2, 0.25) is 0 Å². The Morgan fingerprint density at radius 1 is 1.53 bits per heavy atom. The van der Waals surface area contributed by atoms with Gasteiger partial charge in [0.2, 0.25) is 0 Å². The number of aryl methyl sites for hydroxylation is 1. The molecule has 1 aliphatic rings. The van der Waals surface area contributed by atoms with Crippen molar-refractivity contribution in [3.8, 4) is 0 Å². The summed E-state index contributed by atoms with van der Waals surface area (Å²) in [6.45, 7) is 5.05. The normalized spacial score (nSPS) is 22.5. The van der Waals surface area contributed by atoms with Crippen LogP contribution in [0.25, 0.3) is 0 Å². The second-order valence-corrected chi connectivity index (χ2v) is 4.76. The quantitative estimate of drug-likeness (QED) is 0.826. The fourth-order valence-corrected chi connectivity index (χ4v) is 2.60. The predicted molar refractivity (Wildman–Crippen MR) is 68.0 cm³/mol.